The van der Waals surface area contributed by atoms with Crippen LogP contribution in [0.2, 0.25) is 0 Å². The number of carbonyl (C=O) groups excluding carboxylic acids is 1. The first-order chi connectivity index (χ1) is 10.3. The molecule has 5 nitrogen and oxygen atoms in total. The number of aryl methyl sites for hydroxylation is 1. The molecule has 0 spiro atoms. The van der Waals surface area contributed by atoms with Gasteiger partial charge in [0.2, 0.25) is 0 Å². The minimum Gasteiger partial charge on any atom is -0.491 e. The topological polar surface area (TPSA) is 67.8 Å². The molecular weight excluding hydrogens is 282 g/mol. The van der Waals surface area contributed by atoms with Crippen LogP contribution in [0.4, 0.5) is 4.79 Å². The van der Waals surface area contributed by atoms with E-state index in [1.165, 1.54) is 5.56 Å². The summed E-state index contributed by atoms with van der Waals surface area (Å²) in [5.41, 5.74) is 0.695. The highest BCUT2D eigenvalue weighted by atomic mass is 16.6. The van der Waals surface area contributed by atoms with E-state index in [0.29, 0.717) is 5.75 Å². The number of amides is 1. The SMILES string of the molecule is CCCc1ccc(OC[C@H](CO)NC(=O)OC(C)(C)C)cc1. The maximum atomic E-state index is 11.7. The van der Waals surface area contributed by atoms with E-state index in [9.17, 15) is 9.90 Å². The molecule has 0 unspecified atom stereocenters. The summed E-state index contributed by atoms with van der Waals surface area (Å²) in [6, 6.07) is 7.33. The molecule has 0 aliphatic carbocycles. The number of alkyl carbamates (subject to hydrolysis) is 1. The largest absolute Gasteiger partial charge is 0.491 e. The Balaban J connectivity index is 2.44. The van der Waals surface area contributed by atoms with Crippen LogP contribution in [0.1, 0.15) is 39.7 Å². The van der Waals surface area contributed by atoms with Crippen LogP contribution in [0.3, 0.4) is 0 Å². The third kappa shape index (κ3) is 7.31. The summed E-state index contributed by atoms with van der Waals surface area (Å²) in [5, 5.41) is 11.9. The van der Waals surface area contributed by atoms with Gasteiger partial charge in [-0.1, -0.05) is 25.5 Å². The van der Waals surface area contributed by atoms with Gasteiger partial charge in [-0.05, 0) is 44.9 Å². The predicted octanol–water partition coefficient (Wildman–Crippen LogP) is 2.90. The average molecular weight is 309 g/mol. The van der Waals surface area contributed by atoms with E-state index in [1.54, 1.807) is 20.8 Å². The normalized spacial score (nSPS) is 12.6. The monoisotopic (exact) mass is 309 g/mol. The third-order valence-electron chi connectivity index (χ3n) is 2.85. The highest BCUT2D eigenvalue weighted by Gasteiger charge is 2.19. The molecule has 22 heavy (non-hydrogen) atoms. The van der Waals surface area contributed by atoms with Crippen molar-refractivity contribution in [3.8, 4) is 5.75 Å². The third-order valence-corrected chi connectivity index (χ3v) is 2.85. The number of ether oxygens (including phenoxy) is 2. The van der Waals surface area contributed by atoms with Gasteiger partial charge in [0.25, 0.3) is 0 Å². The molecule has 1 aromatic rings. The maximum Gasteiger partial charge on any atom is 0.408 e. The van der Waals surface area contributed by atoms with Gasteiger partial charge in [-0.15, -0.1) is 0 Å². The molecule has 0 saturated heterocycles. The molecule has 0 fully saturated rings. The van der Waals surface area contributed by atoms with Crippen LogP contribution in [0.5, 0.6) is 5.75 Å². The zero-order chi connectivity index (χ0) is 16.6. The lowest BCUT2D eigenvalue weighted by molar-refractivity contribution is 0.0458. The molecule has 0 heterocycles. The van der Waals surface area contributed by atoms with Crippen molar-refractivity contribution in [3.63, 3.8) is 0 Å². The molecule has 0 aliphatic heterocycles. The molecule has 5 heteroatoms. The Bertz CT molecular complexity index is 451. The molecule has 0 aromatic heterocycles. The van der Waals surface area contributed by atoms with Gasteiger partial charge in [-0.2, -0.15) is 0 Å². The molecule has 0 radical (unpaired) electrons. The fourth-order valence-corrected chi connectivity index (χ4v) is 1.85. The van der Waals surface area contributed by atoms with Crippen LogP contribution in [0.15, 0.2) is 24.3 Å². The summed E-state index contributed by atoms with van der Waals surface area (Å²) in [6.07, 6.45) is 1.58. The quantitative estimate of drug-likeness (QED) is 0.812. The highest BCUT2D eigenvalue weighted by molar-refractivity contribution is 5.68. The minimum absolute atomic E-state index is 0.183. The van der Waals surface area contributed by atoms with Crippen LogP contribution in [-0.2, 0) is 11.2 Å². The number of benzene rings is 1. The van der Waals surface area contributed by atoms with Crippen molar-refractivity contribution >= 4 is 6.09 Å². The van der Waals surface area contributed by atoms with Gasteiger partial charge in [-0.3, -0.25) is 0 Å². The number of rotatable bonds is 7. The lowest BCUT2D eigenvalue weighted by atomic mass is 10.1. The van der Waals surface area contributed by atoms with E-state index in [0.717, 1.165) is 12.8 Å². The summed E-state index contributed by atoms with van der Waals surface area (Å²) in [6.45, 7) is 7.47. The fourth-order valence-electron chi connectivity index (χ4n) is 1.85. The summed E-state index contributed by atoms with van der Waals surface area (Å²) in [4.78, 5) is 11.7. The van der Waals surface area contributed by atoms with Crippen molar-refractivity contribution in [2.24, 2.45) is 0 Å². The van der Waals surface area contributed by atoms with Gasteiger partial charge in [-0.25, -0.2) is 4.79 Å². The van der Waals surface area contributed by atoms with Gasteiger partial charge in [0, 0.05) is 0 Å². The standard InChI is InChI=1S/C17H27NO4/c1-5-6-13-7-9-15(10-8-13)21-12-14(11-19)18-16(20)22-17(2,3)4/h7-10,14,19H,5-6,11-12H2,1-4H3,(H,18,20)/t14-/m0/s1. The number of aliphatic hydroxyl groups is 1. The van der Waals surface area contributed by atoms with Crippen molar-refractivity contribution in [1.29, 1.82) is 0 Å². The molecule has 1 amide bonds. The van der Waals surface area contributed by atoms with Crippen LogP contribution in [-0.4, -0.2) is 36.1 Å². The number of aliphatic hydroxyl groups excluding tert-OH is 1. The molecule has 1 aromatic carbocycles. The second-order valence-corrected chi connectivity index (χ2v) is 6.23. The number of nitrogens with one attached hydrogen (secondary N) is 1. The minimum atomic E-state index is -0.569. The number of hydrogen-bond donors (Lipinski definition) is 2. The Hall–Kier alpha value is -1.75. The Morgan fingerprint density at radius 2 is 1.91 bits per heavy atom. The lowest BCUT2D eigenvalue weighted by Gasteiger charge is -2.22. The van der Waals surface area contributed by atoms with Crippen molar-refractivity contribution in [1.82, 2.24) is 5.32 Å². The maximum absolute atomic E-state index is 11.7. The Kier molecular flexibility index (Phi) is 7.18. The fraction of sp³-hybridized carbons (Fsp3) is 0.588. The van der Waals surface area contributed by atoms with Crippen molar-refractivity contribution in [3.05, 3.63) is 29.8 Å². The second-order valence-electron chi connectivity index (χ2n) is 6.23. The summed E-state index contributed by atoms with van der Waals surface area (Å²) in [5.74, 6) is 0.712. The predicted molar refractivity (Wildman–Crippen MR) is 86.2 cm³/mol. The molecule has 0 aliphatic rings. The Labute approximate surface area is 132 Å². The molecule has 0 saturated carbocycles. The highest BCUT2D eigenvalue weighted by Crippen LogP contribution is 2.13. The van der Waals surface area contributed by atoms with Gasteiger partial charge < -0.3 is 19.9 Å². The van der Waals surface area contributed by atoms with Crippen molar-refractivity contribution in [2.75, 3.05) is 13.2 Å². The number of hydrogen-bond acceptors (Lipinski definition) is 4. The van der Waals surface area contributed by atoms with E-state index >= 15 is 0 Å². The molecule has 1 rings (SSSR count). The van der Waals surface area contributed by atoms with Crippen LogP contribution in [0.25, 0.3) is 0 Å². The first kappa shape index (κ1) is 18.3. The molecule has 124 valence electrons. The average Bonchev–Trinajstić information content (AvgIpc) is 2.43. The summed E-state index contributed by atoms with van der Waals surface area (Å²) in [7, 11) is 0. The van der Waals surface area contributed by atoms with E-state index in [1.807, 2.05) is 24.3 Å². The van der Waals surface area contributed by atoms with E-state index in [4.69, 9.17) is 9.47 Å². The first-order valence-corrected chi connectivity index (χ1v) is 7.66. The van der Waals surface area contributed by atoms with Gasteiger partial charge in [0.15, 0.2) is 0 Å². The summed E-state index contributed by atoms with van der Waals surface area (Å²) < 4.78 is 10.7. The molecule has 2 N–H and O–H groups in total. The van der Waals surface area contributed by atoms with Gasteiger partial charge in [0.05, 0.1) is 12.6 Å². The van der Waals surface area contributed by atoms with E-state index in [2.05, 4.69) is 12.2 Å². The molecule has 1 atom stereocenters. The van der Waals surface area contributed by atoms with E-state index < -0.39 is 17.7 Å². The number of carbonyl (C=O) groups is 1. The van der Waals surface area contributed by atoms with Gasteiger partial charge >= 0.3 is 6.09 Å². The molecular formula is C17H27NO4. The van der Waals surface area contributed by atoms with Crippen LogP contribution >= 0.6 is 0 Å². The lowest BCUT2D eigenvalue weighted by Crippen LogP contribution is -2.44. The van der Waals surface area contributed by atoms with E-state index in [-0.39, 0.29) is 13.2 Å². The second kappa shape index (κ2) is 8.63. The van der Waals surface area contributed by atoms with Crippen molar-refractivity contribution < 1.29 is 19.4 Å². The zero-order valence-electron chi connectivity index (χ0n) is 13.9. The molecule has 0 bridgehead atoms. The van der Waals surface area contributed by atoms with Crippen LogP contribution in [0, 0.1) is 0 Å². The van der Waals surface area contributed by atoms with Gasteiger partial charge in [0.1, 0.15) is 18.0 Å². The Morgan fingerprint density at radius 1 is 1.27 bits per heavy atom. The first-order valence-electron chi connectivity index (χ1n) is 7.66. The van der Waals surface area contributed by atoms with Crippen LogP contribution < -0.4 is 10.1 Å². The smallest absolute Gasteiger partial charge is 0.408 e. The Morgan fingerprint density at radius 3 is 2.41 bits per heavy atom. The summed E-state index contributed by atoms with van der Waals surface area (Å²) >= 11 is 0. The zero-order valence-corrected chi connectivity index (χ0v) is 13.9. The van der Waals surface area contributed by atoms with Crippen molar-refractivity contribution in [2.45, 2.75) is 52.2 Å².